The van der Waals surface area contributed by atoms with Crippen LogP contribution >= 0.6 is 22.9 Å². The molecule has 2 bridgehead atoms. The molecule has 2 aliphatic heterocycles. The standard InChI is InChI=1S/C35H40ClN3O5S2/c1-22-5-3-14-35(41,33-37-15-16-45-33)29-10-7-26(29)19-39-20-34(13-4-6-24-17-27(36)9-11-28(24)34)21-44-31-12-8-25(18-30(31)39)32(40)38-46(42,43)23(22)2/h3,8-9,11-12,14-18,22-23,26,29,41H,4-7,10,13,19-21H2,1-2H3,(H,38,40)/b14-3+/t22-,23+,26-,29+,34-,35+/m0/s1. The van der Waals surface area contributed by atoms with E-state index in [1.807, 2.05) is 30.5 Å². The molecule has 3 heterocycles. The van der Waals surface area contributed by atoms with Crippen LogP contribution in [0.2, 0.25) is 5.02 Å². The van der Waals surface area contributed by atoms with Gasteiger partial charge in [0, 0.05) is 46.6 Å². The predicted octanol–water partition coefficient (Wildman–Crippen LogP) is 6.23. The van der Waals surface area contributed by atoms with Crippen molar-refractivity contribution in [2.45, 2.75) is 68.6 Å². The second-order valence-corrected chi connectivity index (χ2v) is 17.1. The number of thiazole rings is 1. The maximum absolute atomic E-state index is 13.5. The summed E-state index contributed by atoms with van der Waals surface area (Å²) in [5.41, 5.74) is 1.92. The summed E-state index contributed by atoms with van der Waals surface area (Å²) >= 11 is 7.87. The van der Waals surface area contributed by atoms with E-state index in [-0.39, 0.29) is 28.7 Å². The summed E-state index contributed by atoms with van der Waals surface area (Å²) in [4.78, 5) is 20.3. The number of sulfonamides is 1. The number of aliphatic hydroxyl groups is 1. The lowest BCUT2D eigenvalue weighted by molar-refractivity contribution is -0.0501. The predicted molar refractivity (Wildman–Crippen MR) is 181 cm³/mol. The van der Waals surface area contributed by atoms with E-state index >= 15 is 0 Å². The molecule has 3 aromatic rings. The number of benzene rings is 2. The monoisotopic (exact) mass is 681 g/mol. The van der Waals surface area contributed by atoms with Gasteiger partial charge in [0.05, 0.1) is 17.5 Å². The number of nitrogens with zero attached hydrogens (tertiary/aromatic N) is 2. The van der Waals surface area contributed by atoms with Gasteiger partial charge in [-0.05, 0) is 105 Å². The first kappa shape index (κ1) is 31.7. The third-order valence-corrected chi connectivity index (χ3v) is 14.0. The second-order valence-electron chi connectivity index (χ2n) is 13.7. The number of allylic oxidation sites excluding steroid dienone is 1. The first-order valence-corrected chi connectivity index (χ1v) is 19.0. The van der Waals surface area contributed by atoms with Crippen molar-refractivity contribution >= 4 is 44.6 Å². The first-order valence-electron chi connectivity index (χ1n) is 16.2. The Bertz CT molecular complexity index is 1780. The number of carbonyl (C=O) groups excluding carboxylic acids is 1. The van der Waals surface area contributed by atoms with Crippen molar-refractivity contribution in [2.24, 2.45) is 17.8 Å². The van der Waals surface area contributed by atoms with Crippen LogP contribution in [-0.2, 0) is 27.5 Å². The molecule has 0 saturated heterocycles. The van der Waals surface area contributed by atoms with Crippen LogP contribution in [0, 0.1) is 17.8 Å². The Kier molecular flexibility index (Phi) is 8.23. The van der Waals surface area contributed by atoms with Gasteiger partial charge in [0.15, 0.2) is 0 Å². The first-order chi connectivity index (χ1) is 22.0. The van der Waals surface area contributed by atoms with Crippen LogP contribution in [0.15, 0.2) is 60.1 Å². The number of ether oxygens (including phenoxy) is 1. The van der Waals surface area contributed by atoms with Gasteiger partial charge in [0.2, 0.25) is 10.0 Å². The van der Waals surface area contributed by atoms with E-state index in [4.69, 9.17) is 16.3 Å². The number of fused-ring (bicyclic) bond motifs is 4. The lowest BCUT2D eigenvalue weighted by Gasteiger charge is -2.48. The molecule has 46 heavy (non-hydrogen) atoms. The zero-order chi connectivity index (χ0) is 32.3. The smallest absolute Gasteiger partial charge is 0.264 e. The molecule has 0 radical (unpaired) electrons. The average molecular weight is 682 g/mol. The number of nitrogens with one attached hydrogen (secondary N) is 1. The maximum atomic E-state index is 13.5. The zero-order valence-corrected chi connectivity index (χ0v) is 28.5. The number of halogens is 1. The fourth-order valence-corrected chi connectivity index (χ4v) is 10.2. The molecule has 7 rings (SSSR count). The number of anilines is 1. The molecular weight excluding hydrogens is 642 g/mol. The Morgan fingerprint density at radius 3 is 2.78 bits per heavy atom. The highest BCUT2D eigenvalue weighted by atomic mass is 35.5. The Morgan fingerprint density at radius 2 is 2.02 bits per heavy atom. The molecule has 2 N–H and O–H groups in total. The van der Waals surface area contributed by atoms with Crippen LogP contribution in [0.5, 0.6) is 5.75 Å². The van der Waals surface area contributed by atoms with E-state index in [0.717, 1.165) is 42.8 Å². The second kappa shape index (κ2) is 12.0. The molecule has 8 nitrogen and oxygen atoms in total. The summed E-state index contributed by atoms with van der Waals surface area (Å²) in [6.45, 7) is 5.24. The molecule has 1 fully saturated rings. The SMILES string of the molecule is C[C@@H]1[C@@H](C)C/C=C/[C@](O)(c2nccs2)[C@@H]2CC[C@H]2CN2C[C@@]3(CCCc4cc(Cl)ccc43)COc3ccc(cc32)C(=O)NS1(=O)=O. The number of carbonyl (C=O) groups is 1. The highest BCUT2D eigenvalue weighted by Gasteiger charge is 2.50. The summed E-state index contributed by atoms with van der Waals surface area (Å²) in [6.07, 6.45) is 10.6. The van der Waals surface area contributed by atoms with Gasteiger partial charge < -0.3 is 14.7 Å². The number of rotatable bonds is 1. The van der Waals surface area contributed by atoms with Crippen LogP contribution in [0.4, 0.5) is 5.69 Å². The Labute approximate surface area is 279 Å². The summed E-state index contributed by atoms with van der Waals surface area (Å²) in [6, 6.07) is 11.4. The van der Waals surface area contributed by atoms with Gasteiger partial charge in [-0.1, -0.05) is 30.7 Å². The highest BCUT2D eigenvalue weighted by molar-refractivity contribution is 7.90. The van der Waals surface area contributed by atoms with Crippen LogP contribution < -0.4 is 14.4 Å². The molecule has 6 atom stereocenters. The highest BCUT2D eigenvalue weighted by Crippen LogP contribution is 2.51. The van der Waals surface area contributed by atoms with Crippen molar-refractivity contribution in [2.75, 3.05) is 24.6 Å². The maximum Gasteiger partial charge on any atom is 0.264 e. The Hall–Kier alpha value is -2.92. The number of amides is 1. The Balaban J connectivity index is 1.34. The molecule has 1 spiro atoms. The summed E-state index contributed by atoms with van der Waals surface area (Å²) < 4.78 is 35.7. The third kappa shape index (κ3) is 5.55. The molecule has 0 unspecified atom stereocenters. The quantitative estimate of drug-likeness (QED) is 0.293. The van der Waals surface area contributed by atoms with Gasteiger partial charge in [-0.25, -0.2) is 18.1 Å². The van der Waals surface area contributed by atoms with Crippen molar-refractivity contribution in [3.63, 3.8) is 0 Å². The molecule has 1 amide bonds. The van der Waals surface area contributed by atoms with Crippen molar-refractivity contribution in [1.82, 2.24) is 9.71 Å². The van der Waals surface area contributed by atoms with Gasteiger partial charge >= 0.3 is 0 Å². The topological polar surface area (TPSA) is 109 Å². The molecular formula is C35H40ClN3O5S2. The van der Waals surface area contributed by atoms with E-state index in [1.54, 1.807) is 31.3 Å². The molecule has 1 saturated carbocycles. The zero-order valence-electron chi connectivity index (χ0n) is 26.1. The molecule has 11 heteroatoms. The number of aryl methyl sites for hydroxylation is 1. The van der Waals surface area contributed by atoms with Gasteiger partial charge in [-0.3, -0.25) is 4.79 Å². The van der Waals surface area contributed by atoms with E-state index in [1.165, 1.54) is 22.5 Å². The molecule has 1 aromatic heterocycles. The summed E-state index contributed by atoms with van der Waals surface area (Å²) in [5.74, 6) is -0.219. The number of hydrogen-bond donors (Lipinski definition) is 2. The molecule has 4 aliphatic rings. The fourth-order valence-electron chi connectivity index (χ4n) is 7.92. The van der Waals surface area contributed by atoms with Crippen molar-refractivity contribution in [3.05, 3.63) is 86.8 Å². The van der Waals surface area contributed by atoms with Crippen molar-refractivity contribution < 1.29 is 23.1 Å². The van der Waals surface area contributed by atoms with Crippen LogP contribution in [0.1, 0.15) is 72.4 Å². The lowest BCUT2D eigenvalue weighted by Crippen LogP contribution is -2.51. The fraction of sp³-hybridized carbons (Fsp3) is 0.486. The van der Waals surface area contributed by atoms with Gasteiger partial charge in [-0.15, -0.1) is 11.3 Å². The van der Waals surface area contributed by atoms with E-state index in [0.29, 0.717) is 36.9 Å². The summed E-state index contributed by atoms with van der Waals surface area (Å²) in [7, 11) is -3.98. The number of aromatic nitrogens is 1. The number of hydrogen-bond acceptors (Lipinski definition) is 8. The Morgan fingerprint density at radius 1 is 1.17 bits per heavy atom. The van der Waals surface area contributed by atoms with Gasteiger partial charge in [0.1, 0.15) is 16.4 Å². The summed E-state index contributed by atoms with van der Waals surface area (Å²) in [5, 5.41) is 14.8. The minimum absolute atomic E-state index is 0.0771. The van der Waals surface area contributed by atoms with Gasteiger partial charge in [0.25, 0.3) is 5.91 Å². The lowest BCUT2D eigenvalue weighted by atomic mass is 9.64. The van der Waals surface area contributed by atoms with Crippen molar-refractivity contribution in [3.8, 4) is 5.75 Å². The van der Waals surface area contributed by atoms with Crippen molar-refractivity contribution in [1.29, 1.82) is 0 Å². The van der Waals surface area contributed by atoms with E-state index in [9.17, 15) is 18.3 Å². The van der Waals surface area contributed by atoms with Crippen LogP contribution in [0.3, 0.4) is 0 Å². The van der Waals surface area contributed by atoms with E-state index < -0.39 is 26.8 Å². The molecule has 2 aliphatic carbocycles. The average Bonchev–Trinajstić information content (AvgIpc) is 3.52. The normalized spacial score (nSPS) is 33.0. The minimum Gasteiger partial charge on any atom is -0.490 e. The minimum atomic E-state index is -3.98. The van der Waals surface area contributed by atoms with Crippen LogP contribution in [0.25, 0.3) is 0 Å². The largest absolute Gasteiger partial charge is 0.490 e. The van der Waals surface area contributed by atoms with E-state index in [2.05, 4.69) is 26.7 Å². The van der Waals surface area contributed by atoms with Gasteiger partial charge in [-0.2, -0.15) is 0 Å². The molecule has 244 valence electrons. The third-order valence-electron chi connectivity index (χ3n) is 10.9. The van der Waals surface area contributed by atoms with Crippen LogP contribution in [-0.4, -0.2) is 49.4 Å². The molecule has 2 aromatic carbocycles.